The van der Waals surface area contributed by atoms with Gasteiger partial charge >= 0.3 is 6.18 Å². The molecular weight excluding hydrogens is 411 g/mol. The van der Waals surface area contributed by atoms with Crippen LogP contribution in [0.4, 0.5) is 13.2 Å². The van der Waals surface area contributed by atoms with Gasteiger partial charge in [-0.3, -0.25) is 14.4 Å². The van der Waals surface area contributed by atoms with Crippen LogP contribution in [0, 0.1) is 11.8 Å². The van der Waals surface area contributed by atoms with Gasteiger partial charge in [0.2, 0.25) is 11.8 Å². The van der Waals surface area contributed by atoms with E-state index in [2.05, 4.69) is 5.32 Å². The molecule has 6 nitrogen and oxygen atoms in total. The normalized spacial score (nSPS) is 20.5. The Bertz CT molecular complexity index is 852. The van der Waals surface area contributed by atoms with Crippen LogP contribution in [0.15, 0.2) is 24.3 Å². The predicted octanol–water partition coefficient (Wildman–Crippen LogP) is 2.93. The highest BCUT2D eigenvalue weighted by molar-refractivity contribution is 5.97. The lowest BCUT2D eigenvalue weighted by atomic mass is 10.0. The van der Waals surface area contributed by atoms with Crippen molar-refractivity contribution < 1.29 is 27.6 Å². The molecule has 0 radical (unpaired) electrons. The summed E-state index contributed by atoms with van der Waals surface area (Å²) in [6.45, 7) is 6.60. The molecule has 0 aromatic heterocycles. The molecule has 1 saturated carbocycles. The molecule has 9 heteroatoms. The van der Waals surface area contributed by atoms with Gasteiger partial charge in [0.25, 0.3) is 5.91 Å². The smallest absolute Gasteiger partial charge is 0.340 e. The van der Waals surface area contributed by atoms with Crippen molar-refractivity contribution in [3.05, 3.63) is 35.4 Å². The van der Waals surface area contributed by atoms with Gasteiger partial charge in [-0.05, 0) is 43.9 Å². The highest BCUT2D eigenvalue weighted by atomic mass is 19.4. The van der Waals surface area contributed by atoms with E-state index < -0.39 is 23.7 Å². The zero-order valence-electron chi connectivity index (χ0n) is 17.9. The Morgan fingerprint density at radius 2 is 1.81 bits per heavy atom. The Balaban J connectivity index is 1.67. The highest BCUT2D eigenvalue weighted by Gasteiger charge is 2.39. The fourth-order valence-electron chi connectivity index (χ4n) is 3.82. The number of hydrogen-bond donors (Lipinski definition) is 1. The summed E-state index contributed by atoms with van der Waals surface area (Å²) < 4.78 is 38.9. The summed E-state index contributed by atoms with van der Waals surface area (Å²) in [5.41, 5.74) is -1.07. The number of nitrogens with one attached hydrogen (secondary N) is 1. The molecule has 0 bridgehead atoms. The molecule has 2 fully saturated rings. The Hall–Kier alpha value is -2.58. The monoisotopic (exact) mass is 439 g/mol. The number of hydrogen-bond acceptors (Lipinski definition) is 3. The highest BCUT2D eigenvalue weighted by Crippen LogP contribution is 2.32. The first-order valence-corrected chi connectivity index (χ1v) is 10.6. The average molecular weight is 439 g/mol. The largest absolute Gasteiger partial charge is 0.416 e. The lowest BCUT2D eigenvalue weighted by Crippen LogP contribution is -2.60. The molecule has 0 spiro atoms. The van der Waals surface area contributed by atoms with E-state index in [0.717, 1.165) is 25.0 Å². The number of piperazine rings is 1. The van der Waals surface area contributed by atoms with Gasteiger partial charge in [-0.15, -0.1) is 0 Å². The summed E-state index contributed by atoms with van der Waals surface area (Å²) in [4.78, 5) is 41.6. The third kappa shape index (κ3) is 5.37. The number of amides is 3. The SMILES string of the molecule is CC(C)C(NC(=O)c1cccc(C(F)(F)F)c1)C(=O)N1CCN(C(=O)C2CC2)C(C)C1. The van der Waals surface area contributed by atoms with Crippen molar-refractivity contribution in [1.29, 1.82) is 0 Å². The van der Waals surface area contributed by atoms with Crippen molar-refractivity contribution in [1.82, 2.24) is 15.1 Å². The number of alkyl halides is 3. The van der Waals surface area contributed by atoms with Gasteiger partial charge in [0.1, 0.15) is 6.04 Å². The van der Waals surface area contributed by atoms with Gasteiger partial charge in [-0.1, -0.05) is 19.9 Å². The molecule has 1 saturated heterocycles. The summed E-state index contributed by atoms with van der Waals surface area (Å²) in [6.07, 6.45) is -2.72. The molecule has 1 N–H and O–H groups in total. The zero-order chi connectivity index (χ0) is 22.9. The minimum absolute atomic E-state index is 0.111. The van der Waals surface area contributed by atoms with E-state index in [1.165, 1.54) is 12.1 Å². The van der Waals surface area contributed by atoms with Crippen molar-refractivity contribution in [2.24, 2.45) is 11.8 Å². The first kappa shape index (κ1) is 23.1. The van der Waals surface area contributed by atoms with Crippen molar-refractivity contribution >= 4 is 17.7 Å². The number of nitrogens with zero attached hydrogens (tertiary/aromatic N) is 2. The second kappa shape index (κ2) is 8.88. The minimum Gasteiger partial charge on any atom is -0.340 e. The van der Waals surface area contributed by atoms with Crippen molar-refractivity contribution in [2.75, 3.05) is 19.6 Å². The van der Waals surface area contributed by atoms with Gasteiger partial charge < -0.3 is 15.1 Å². The average Bonchev–Trinajstić information content (AvgIpc) is 3.55. The van der Waals surface area contributed by atoms with E-state index in [1.807, 2.05) is 11.8 Å². The maximum atomic E-state index is 13.1. The van der Waals surface area contributed by atoms with Gasteiger partial charge in [-0.2, -0.15) is 13.2 Å². The van der Waals surface area contributed by atoms with Gasteiger partial charge in [0, 0.05) is 37.2 Å². The van der Waals surface area contributed by atoms with Gasteiger partial charge in [0.05, 0.1) is 5.56 Å². The molecule has 3 rings (SSSR count). The molecule has 3 amide bonds. The van der Waals surface area contributed by atoms with Crippen LogP contribution in [-0.4, -0.2) is 59.2 Å². The Morgan fingerprint density at radius 1 is 1.13 bits per heavy atom. The molecule has 1 heterocycles. The van der Waals surface area contributed by atoms with Crippen LogP contribution in [0.2, 0.25) is 0 Å². The molecule has 1 aliphatic heterocycles. The van der Waals surface area contributed by atoms with E-state index in [9.17, 15) is 27.6 Å². The predicted molar refractivity (Wildman–Crippen MR) is 108 cm³/mol. The number of halogens is 3. The fourth-order valence-corrected chi connectivity index (χ4v) is 3.82. The maximum absolute atomic E-state index is 13.1. The molecule has 2 aliphatic rings. The van der Waals surface area contributed by atoms with Crippen LogP contribution in [-0.2, 0) is 15.8 Å². The second-order valence-electron chi connectivity index (χ2n) is 8.71. The third-order valence-corrected chi connectivity index (χ3v) is 5.82. The van der Waals surface area contributed by atoms with E-state index in [0.29, 0.717) is 19.6 Å². The van der Waals surface area contributed by atoms with Crippen molar-refractivity contribution in [2.45, 2.75) is 51.9 Å². The Labute approximate surface area is 179 Å². The van der Waals surface area contributed by atoms with Crippen LogP contribution in [0.3, 0.4) is 0 Å². The minimum atomic E-state index is -4.56. The van der Waals surface area contributed by atoms with Crippen LogP contribution in [0.25, 0.3) is 0 Å². The fraction of sp³-hybridized carbons (Fsp3) is 0.591. The first-order chi connectivity index (χ1) is 14.5. The Morgan fingerprint density at radius 3 is 2.35 bits per heavy atom. The van der Waals surface area contributed by atoms with E-state index in [-0.39, 0.29) is 35.3 Å². The van der Waals surface area contributed by atoms with Crippen LogP contribution in [0.5, 0.6) is 0 Å². The van der Waals surface area contributed by atoms with Gasteiger partial charge in [0.15, 0.2) is 0 Å². The molecule has 31 heavy (non-hydrogen) atoms. The zero-order valence-corrected chi connectivity index (χ0v) is 17.9. The molecule has 2 atom stereocenters. The topological polar surface area (TPSA) is 69.7 Å². The molecule has 1 aromatic rings. The number of benzene rings is 1. The van der Waals surface area contributed by atoms with E-state index in [4.69, 9.17) is 0 Å². The third-order valence-electron chi connectivity index (χ3n) is 5.82. The van der Waals surface area contributed by atoms with Crippen LogP contribution < -0.4 is 5.32 Å². The van der Waals surface area contributed by atoms with Crippen LogP contribution >= 0.6 is 0 Å². The van der Waals surface area contributed by atoms with E-state index in [1.54, 1.807) is 18.7 Å². The summed E-state index contributed by atoms with van der Waals surface area (Å²) in [5, 5.41) is 2.61. The molecule has 170 valence electrons. The molecule has 1 aliphatic carbocycles. The van der Waals surface area contributed by atoms with Crippen molar-refractivity contribution in [3.63, 3.8) is 0 Å². The summed E-state index contributed by atoms with van der Waals surface area (Å²) in [5.74, 6) is -1.03. The van der Waals surface area contributed by atoms with Crippen LogP contribution in [0.1, 0.15) is 49.5 Å². The first-order valence-electron chi connectivity index (χ1n) is 10.6. The van der Waals surface area contributed by atoms with Crippen molar-refractivity contribution in [3.8, 4) is 0 Å². The molecule has 2 unspecified atom stereocenters. The lowest BCUT2D eigenvalue weighted by Gasteiger charge is -2.41. The molecule has 1 aromatic carbocycles. The summed E-state index contributed by atoms with van der Waals surface area (Å²) >= 11 is 0. The number of rotatable bonds is 5. The maximum Gasteiger partial charge on any atom is 0.416 e. The number of carbonyl (C=O) groups excluding carboxylic acids is 3. The summed E-state index contributed by atoms with van der Waals surface area (Å²) in [6, 6.07) is 3.13. The molecular formula is C22H28F3N3O3. The number of carbonyl (C=O) groups is 3. The quantitative estimate of drug-likeness (QED) is 0.767. The summed E-state index contributed by atoms with van der Waals surface area (Å²) in [7, 11) is 0. The second-order valence-corrected chi connectivity index (χ2v) is 8.71. The van der Waals surface area contributed by atoms with Gasteiger partial charge in [-0.25, -0.2) is 0 Å². The Kier molecular flexibility index (Phi) is 6.62. The lowest BCUT2D eigenvalue weighted by molar-refractivity contribution is -0.144. The standard InChI is InChI=1S/C22H28F3N3O3/c1-13(2)18(26-19(29)16-5-4-6-17(11-16)22(23,24)25)21(31)27-9-10-28(14(3)12-27)20(30)15-7-8-15/h4-6,11,13-15,18H,7-10,12H2,1-3H3,(H,26,29). The van der Waals surface area contributed by atoms with E-state index >= 15 is 0 Å².